The SMILES string of the molecule is CCNc1nc(Nc2ccc(S(=O)(=O)N3CCOCC3)cc2OC)nc2[nH]ccc12. The number of sulfonamides is 1. The van der Waals surface area contributed by atoms with Gasteiger partial charge in [0.1, 0.15) is 17.2 Å². The first kappa shape index (κ1) is 20.4. The van der Waals surface area contributed by atoms with Gasteiger partial charge in [0.25, 0.3) is 0 Å². The summed E-state index contributed by atoms with van der Waals surface area (Å²) in [6.07, 6.45) is 1.80. The smallest absolute Gasteiger partial charge is 0.243 e. The number of hydrogen-bond acceptors (Lipinski definition) is 8. The van der Waals surface area contributed by atoms with Crippen LogP contribution in [0.4, 0.5) is 17.5 Å². The van der Waals surface area contributed by atoms with Crippen molar-refractivity contribution in [2.24, 2.45) is 0 Å². The predicted octanol–water partition coefficient (Wildman–Crippen LogP) is 2.16. The van der Waals surface area contributed by atoms with Crippen molar-refractivity contribution < 1.29 is 17.9 Å². The lowest BCUT2D eigenvalue weighted by Crippen LogP contribution is -2.40. The van der Waals surface area contributed by atoms with Gasteiger partial charge in [-0.1, -0.05) is 0 Å². The summed E-state index contributed by atoms with van der Waals surface area (Å²) in [5.41, 5.74) is 1.25. The summed E-state index contributed by atoms with van der Waals surface area (Å²) in [7, 11) is -2.13. The number of rotatable bonds is 7. The van der Waals surface area contributed by atoms with Crippen molar-refractivity contribution in [2.75, 3.05) is 50.6 Å². The predicted molar refractivity (Wildman–Crippen MR) is 114 cm³/mol. The summed E-state index contributed by atoms with van der Waals surface area (Å²) in [6.45, 7) is 4.16. The minimum Gasteiger partial charge on any atom is -0.495 e. The fourth-order valence-corrected chi connectivity index (χ4v) is 4.71. The van der Waals surface area contributed by atoms with E-state index in [1.165, 1.54) is 17.5 Å². The Bertz CT molecular complexity index is 1140. The number of methoxy groups -OCH3 is 1. The summed E-state index contributed by atoms with van der Waals surface area (Å²) in [5, 5.41) is 7.24. The van der Waals surface area contributed by atoms with E-state index >= 15 is 0 Å². The quantitative estimate of drug-likeness (QED) is 0.519. The molecule has 2 aromatic heterocycles. The van der Waals surface area contributed by atoms with E-state index < -0.39 is 10.0 Å². The van der Waals surface area contributed by atoms with Gasteiger partial charge in [-0.2, -0.15) is 14.3 Å². The van der Waals surface area contributed by atoms with Crippen LogP contribution >= 0.6 is 0 Å². The second kappa shape index (κ2) is 8.46. The summed E-state index contributed by atoms with van der Waals surface area (Å²) in [4.78, 5) is 12.3. The van der Waals surface area contributed by atoms with Crippen LogP contribution < -0.4 is 15.4 Å². The first-order valence-electron chi connectivity index (χ1n) is 9.65. The molecular formula is C19H24N6O4S. The van der Waals surface area contributed by atoms with Crippen molar-refractivity contribution in [1.29, 1.82) is 0 Å². The Morgan fingerprint density at radius 1 is 1.23 bits per heavy atom. The number of aromatic nitrogens is 3. The van der Waals surface area contributed by atoms with E-state index in [0.29, 0.717) is 61.7 Å². The van der Waals surface area contributed by atoms with E-state index in [2.05, 4.69) is 25.6 Å². The highest BCUT2D eigenvalue weighted by Crippen LogP contribution is 2.32. The third-order valence-electron chi connectivity index (χ3n) is 4.79. The van der Waals surface area contributed by atoms with Crippen molar-refractivity contribution in [3.05, 3.63) is 30.5 Å². The topological polar surface area (TPSA) is 121 Å². The van der Waals surface area contributed by atoms with Crippen LogP contribution in [-0.4, -0.2) is 67.6 Å². The van der Waals surface area contributed by atoms with Crippen molar-refractivity contribution in [3.8, 4) is 5.75 Å². The van der Waals surface area contributed by atoms with Crippen molar-refractivity contribution in [2.45, 2.75) is 11.8 Å². The maximum absolute atomic E-state index is 12.9. The Balaban J connectivity index is 1.65. The molecule has 1 fully saturated rings. The second-order valence-electron chi connectivity index (χ2n) is 6.67. The number of H-pyrrole nitrogens is 1. The number of anilines is 3. The number of hydrogen-bond donors (Lipinski definition) is 3. The Kier molecular flexibility index (Phi) is 5.75. The summed E-state index contributed by atoms with van der Waals surface area (Å²) in [6, 6.07) is 6.61. The average molecular weight is 433 g/mol. The molecule has 1 aromatic carbocycles. The highest BCUT2D eigenvalue weighted by Gasteiger charge is 2.27. The van der Waals surface area contributed by atoms with Crippen LogP contribution in [-0.2, 0) is 14.8 Å². The molecule has 0 saturated carbocycles. The first-order valence-corrected chi connectivity index (χ1v) is 11.1. The van der Waals surface area contributed by atoms with E-state index in [4.69, 9.17) is 9.47 Å². The van der Waals surface area contributed by atoms with Crippen LogP contribution in [0.3, 0.4) is 0 Å². The third-order valence-corrected chi connectivity index (χ3v) is 6.68. The summed E-state index contributed by atoms with van der Waals surface area (Å²) < 4.78 is 37.9. The normalized spacial score (nSPS) is 15.3. The fraction of sp³-hybridized carbons (Fsp3) is 0.368. The second-order valence-corrected chi connectivity index (χ2v) is 8.61. The lowest BCUT2D eigenvalue weighted by molar-refractivity contribution is 0.0730. The number of fused-ring (bicyclic) bond motifs is 1. The minimum atomic E-state index is -3.62. The van der Waals surface area contributed by atoms with Crippen LogP contribution in [0, 0.1) is 0 Å². The molecule has 0 amide bonds. The van der Waals surface area contributed by atoms with Crippen molar-refractivity contribution in [3.63, 3.8) is 0 Å². The van der Waals surface area contributed by atoms with Crippen LogP contribution in [0.2, 0.25) is 0 Å². The molecule has 0 bridgehead atoms. The Hall–Kier alpha value is -2.89. The number of nitrogens with zero attached hydrogens (tertiary/aromatic N) is 3. The fourth-order valence-electron chi connectivity index (χ4n) is 3.29. The number of morpholine rings is 1. The van der Waals surface area contributed by atoms with E-state index in [1.807, 2.05) is 13.0 Å². The zero-order valence-corrected chi connectivity index (χ0v) is 17.6. The van der Waals surface area contributed by atoms with E-state index in [9.17, 15) is 8.42 Å². The van der Waals surface area contributed by atoms with Crippen LogP contribution in [0.25, 0.3) is 11.0 Å². The summed E-state index contributed by atoms with van der Waals surface area (Å²) in [5.74, 6) is 1.45. The van der Waals surface area contributed by atoms with Gasteiger partial charge in [0.05, 0.1) is 36.3 Å². The van der Waals surface area contributed by atoms with Crippen LogP contribution in [0.15, 0.2) is 35.4 Å². The number of ether oxygens (including phenoxy) is 2. The number of nitrogens with one attached hydrogen (secondary N) is 3. The zero-order chi connectivity index (χ0) is 21.1. The number of aromatic amines is 1. The molecule has 1 saturated heterocycles. The van der Waals surface area contributed by atoms with Gasteiger partial charge < -0.3 is 25.1 Å². The zero-order valence-electron chi connectivity index (χ0n) is 16.8. The molecule has 0 aliphatic carbocycles. The highest BCUT2D eigenvalue weighted by molar-refractivity contribution is 7.89. The molecule has 1 aliphatic heterocycles. The minimum absolute atomic E-state index is 0.167. The van der Waals surface area contributed by atoms with Gasteiger partial charge in [0.15, 0.2) is 0 Å². The molecule has 160 valence electrons. The molecule has 0 spiro atoms. The Labute approximate surface area is 174 Å². The molecule has 0 radical (unpaired) electrons. The maximum atomic E-state index is 12.9. The Morgan fingerprint density at radius 3 is 2.77 bits per heavy atom. The van der Waals surface area contributed by atoms with Gasteiger partial charge in [-0.15, -0.1) is 0 Å². The van der Waals surface area contributed by atoms with Gasteiger partial charge in [0.2, 0.25) is 16.0 Å². The van der Waals surface area contributed by atoms with Gasteiger partial charge >= 0.3 is 0 Å². The molecule has 0 unspecified atom stereocenters. The van der Waals surface area contributed by atoms with Gasteiger partial charge in [-0.3, -0.25) is 0 Å². The van der Waals surface area contributed by atoms with E-state index in [-0.39, 0.29) is 4.90 Å². The first-order chi connectivity index (χ1) is 14.5. The molecule has 11 heteroatoms. The molecule has 30 heavy (non-hydrogen) atoms. The van der Waals surface area contributed by atoms with E-state index in [1.54, 1.807) is 18.3 Å². The molecule has 0 atom stereocenters. The monoisotopic (exact) mass is 432 g/mol. The molecule has 3 heterocycles. The van der Waals surface area contributed by atoms with Crippen LogP contribution in [0.1, 0.15) is 6.92 Å². The Morgan fingerprint density at radius 2 is 2.03 bits per heavy atom. The van der Waals surface area contributed by atoms with Gasteiger partial charge in [0, 0.05) is 31.9 Å². The molecular weight excluding hydrogens is 408 g/mol. The van der Waals surface area contributed by atoms with E-state index in [0.717, 1.165) is 5.39 Å². The van der Waals surface area contributed by atoms with Crippen LogP contribution in [0.5, 0.6) is 5.75 Å². The standard InChI is InChI=1S/C19H24N6O4S/c1-3-20-17-14-6-7-21-18(14)24-19(23-17)22-15-5-4-13(12-16(15)28-2)30(26,27)25-8-10-29-11-9-25/h4-7,12H,3,8-11H2,1-2H3,(H3,20,21,22,23,24). The third kappa shape index (κ3) is 3.91. The maximum Gasteiger partial charge on any atom is 0.243 e. The molecule has 1 aliphatic rings. The molecule has 4 rings (SSSR count). The van der Waals surface area contributed by atoms with Gasteiger partial charge in [-0.25, -0.2) is 8.42 Å². The van der Waals surface area contributed by atoms with Gasteiger partial charge in [-0.05, 0) is 25.1 Å². The largest absolute Gasteiger partial charge is 0.495 e. The van der Waals surface area contributed by atoms with Crippen molar-refractivity contribution >= 4 is 38.5 Å². The average Bonchev–Trinajstić information content (AvgIpc) is 3.24. The summed E-state index contributed by atoms with van der Waals surface area (Å²) >= 11 is 0. The number of benzene rings is 1. The highest BCUT2D eigenvalue weighted by atomic mass is 32.2. The van der Waals surface area contributed by atoms with Crippen molar-refractivity contribution in [1.82, 2.24) is 19.3 Å². The molecule has 10 nitrogen and oxygen atoms in total. The lowest BCUT2D eigenvalue weighted by Gasteiger charge is -2.26. The molecule has 3 aromatic rings. The molecule has 3 N–H and O–H groups in total. The lowest BCUT2D eigenvalue weighted by atomic mass is 10.3.